The van der Waals surface area contributed by atoms with Crippen molar-refractivity contribution in [3.8, 4) is 0 Å². The summed E-state index contributed by atoms with van der Waals surface area (Å²) in [5.41, 5.74) is 0. The van der Waals surface area contributed by atoms with Crippen LogP contribution in [-0.4, -0.2) is 37.0 Å². The summed E-state index contributed by atoms with van der Waals surface area (Å²) in [6.45, 7) is 5.04. The summed E-state index contributed by atoms with van der Waals surface area (Å²) >= 11 is 0. The predicted molar refractivity (Wildman–Crippen MR) is 241 cm³/mol. The Morgan fingerprint density at radius 3 is 1.15 bits per heavy atom. The van der Waals surface area contributed by atoms with Crippen LogP contribution in [-0.2, 0) is 14.3 Å². The van der Waals surface area contributed by atoms with Gasteiger partial charge < -0.3 is 14.6 Å². The molecule has 0 aliphatic rings. The number of esters is 1. The third-order valence-electron chi connectivity index (χ3n) is 8.78. The Morgan fingerprint density at radius 2 is 0.764 bits per heavy atom. The molecule has 1 N–H and O–H groups in total. The Hall–Kier alpha value is -3.21. The first kappa shape index (κ1) is 51.8. The highest BCUT2D eigenvalue weighted by Gasteiger charge is 2.13. The molecule has 0 saturated carbocycles. The van der Waals surface area contributed by atoms with Crippen LogP contribution in [0.2, 0.25) is 0 Å². The molecule has 0 aromatic heterocycles. The topological polar surface area (TPSA) is 55.8 Å². The van der Waals surface area contributed by atoms with Crippen molar-refractivity contribution in [2.24, 2.45) is 0 Å². The summed E-state index contributed by atoms with van der Waals surface area (Å²) in [5, 5.41) is 9.61. The zero-order valence-electron chi connectivity index (χ0n) is 35.4. The Labute approximate surface area is 339 Å². The van der Waals surface area contributed by atoms with Gasteiger partial charge in [0.05, 0.1) is 13.2 Å². The van der Waals surface area contributed by atoms with Gasteiger partial charge in [0, 0.05) is 13.0 Å². The van der Waals surface area contributed by atoms with Crippen molar-refractivity contribution in [1.29, 1.82) is 0 Å². The smallest absolute Gasteiger partial charge is 0.306 e. The van der Waals surface area contributed by atoms with Crippen LogP contribution in [0.25, 0.3) is 0 Å². The second-order valence-corrected chi connectivity index (χ2v) is 14.0. The Morgan fingerprint density at radius 1 is 0.436 bits per heavy atom. The standard InChI is InChI=1S/C51H82O4/c1-3-5-7-9-11-13-15-17-19-21-22-23-24-25-26-27-28-29-31-33-35-37-39-41-43-45-47-54-49-50(48-52)55-51(53)46-44-42-40-38-36-34-32-30-20-18-16-14-12-10-8-6-4-2/h5-8,11-14,17-20,22-23,25-26,28-29,32,34,50,52H,3-4,9-10,15-16,21,24,27,30-31,33,35-49H2,1-2H3/b7-5-,8-6-,13-11-,14-12-,19-17-,20-18-,23-22-,26-25-,29-28-,34-32-. The van der Waals surface area contributed by atoms with Crippen LogP contribution in [0.5, 0.6) is 0 Å². The van der Waals surface area contributed by atoms with Crippen LogP contribution in [0, 0.1) is 0 Å². The fourth-order valence-electron chi connectivity index (χ4n) is 5.56. The van der Waals surface area contributed by atoms with Crippen LogP contribution in [0.15, 0.2) is 122 Å². The number of allylic oxidation sites excluding steroid dienone is 20. The molecule has 4 heteroatoms. The van der Waals surface area contributed by atoms with Gasteiger partial charge in [-0.1, -0.05) is 180 Å². The van der Waals surface area contributed by atoms with Crippen molar-refractivity contribution < 1.29 is 19.4 Å². The molecule has 55 heavy (non-hydrogen) atoms. The number of aliphatic hydroxyl groups excluding tert-OH is 1. The SMILES string of the molecule is CC/C=C\C/C=C\C/C=C\C/C=C\C/C=C\C/C=C\CCCCCCCCCOCC(CO)OC(=O)CCCCCC/C=C\C/C=C\C/C=C\C/C=C\CC. The number of unbranched alkanes of at least 4 members (excludes halogenated alkanes) is 11. The molecule has 0 aromatic rings. The van der Waals surface area contributed by atoms with Crippen molar-refractivity contribution in [1.82, 2.24) is 0 Å². The van der Waals surface area contributed by atoms with Crippen LogP contribution in [0.3, 0.4) is 0 Å². The van der Waals surface area contributed by atoms with Crippen molar-refractivity contribution in [3.05, 3.63) is 122 Å². The molecule has 0 rings (SSSR count). The van der Waals surface area contributed by atoms with Gasteiger partial charge in [-0.25, -0.2) is 0 Å². The number of rotatable bonds is 39. The van der Waals surface area contributed by atoms with Gasteiger partial charge in [-0.2, -0.15) is 0 Å². The molecule has 0 saturated heterocycles. The third kappa shape index (κ3) is 45.1. The molecule has 0 aliphatic heterocycles. The molecule has 4 nitrogen and oxygen atoms in total. The zero-order chi connectivity index (χ0) is 39.8. The molecule has 0 aliphatic carbocycles. The van der Waals surface area contributed by atoms with Gasteiger partial charge in [0.25, 0.3) is 0 Å². The van der Waals surface area contributed by atoms with Crippen molar-refractivity contribution >= 4 is 5.97 Å². The normalized spacial score (nSPS) is 13.6. The van der Waals surface area contributed by atoms with Crippen LogP contribution in [0.4, 0.5) is 0 Å². The second kappa shape index (κ2) is 46.9. The zero-order valence-corrected chi connectivity index (χ0v) is 35.4. The molecular weight excluding hydrogens is 677 g/mol. The molecule has 310 valence electrons. The van der Waals surface area contributed by atoms with Gasteiger partial charge in [-0.3, -0.25) is 4.79 Å². The number of carbonyl (C=O) groups excluding carboxylic acids is 1. The summed E-state index contributed by atoms with van der Waals surface area (Å²) in [5.74, 6) is -0.234. The van der Waals surface area contributed by atoms with E-state index in [2.05, 4.69) is 135 Å². The Balaban J connectivity index is 3.56. The van der Waals surface area contributed by atoms with E-state index in [1.165, 1.54) is 38.5 Å². The van der Waals surface area contributed by atoms with Gasteiger partial charge >= 0.3 is 5.97 Å². The first-order valence-corrected chi connectivity index (χ1v) is 22.1. The Kier molecular flexibility index (Phi) is 44.2. The molecule has 0 fully saturated rings. The molecule has 1 atom stereocenters. The van der Waals surface area contributed by atoms with E-state index in [0.29, 0.717) is 13.0 Å². The lowest BCUT2D eigenvalue weighted by atomic mass is 10.1. The van der Waals surface area contributed by atoms with Crippen molar-refractivity contribution in [3.63, 3.8) is 0 Å². The van der Waals surface area contributed by atoms with E-state index in [-0.39, 0.29) is 19.2 Å². The maximum Gasteiger partial charge on any atom is 0.306 e. The summed E-state index contributed by atoms with van der Waals surface area (Å²) < 4.78 is 11.1. The first-order chi connectivity index (χ1) is 27.2. The van der Waals surface area contributed by atoms with E-state index in [0.717, 1.165) is 109 Å². The van der Waals surface area contributed by atoms with Gasteiger partial charge in [0.1, 0.15) is 6.10 Å². The number of hydrogen-bond acceptors (Lipinski definition) is 4. The Bertz CT molecular complexity index is 1110. The number of hydrogen-bond donors (Lipinski definition) is 1. The maximum absolute atomic E-state index is 12.2. The van der Waals surface area contributed by atoms with E-state index >= 15 is 0 Å². The molecule has 0 radical (unpaired) electrons. The predicted octanol–water partition coefficient (Wildman–Crippen LogP) is 14.9. The van der Waals surface area contributed by atoms with Gasteiger partial charge in [0.15, 0.2) is 0 Å². The maximum atomic E-state index is 12.2. The molecular formula is C51H82O4. The van der Waals surface area contributed by atoms with E-state index in [1.807, 2.05) is 0 Å². The van der Waals surface area contributed by atoms with Crippen molar-refractivity contribution in [2.45, 2.75) is 174 Å². The first-order valence-electron chi connectivity index (χ1n) is 22.1. The number of carbonyl (C=O) groups is 1. The number of aliphatic hydroxyl groups is 1. The van der Waals surface area contributed by atoms with Gasteiger partial charge in [-0.05, 0) is 103 Å². The highest BCUT2D eigenvalue weighted by atomic mass is 16.6. The summed E-state index contributed by atoms with van der Waals surface area (Å²) in [6, 6.07) is 0. The lowest BCUT2D eigenvalue weighted by Crippen LogP contribution is -2.27. The fraction of sp³-hybridized carbons (Fsp3) is 0.588. The molecule has 0 spiro atoms. The molecule has 0 aromatic carbocycles. The minimum absolute atomic E-state index is 0.195. The highest BCUT2D eigenvalue weighted by molar-refractivity contribution is 5.69. The van der Waals surface area contributed by atoms with E-state index in [1.54, 1.807) is 0 Å². The van der Waals surface area contributed by atoms with Gasteiger partial charge in [0.2, 0.25) is 0 Å². The second-order valence-electron chi connectivity index (χ2n) is 14.0. The van der Waals surface area contributed by atoms with Crippen LogP contribution in [0.1, 0.15) is 168 Å². The molecule has 0 amide bonds. The van der Waals surface area contributed by atoms with Gasteiger partial charge in [-0.15, -0.1) is 0 Å². The summed E-state index contributed by atoms with van der Waals surface area (Å²) in [4.78, 5) is 12.2. The lowest BCUT2D eigenvalue weighted by Gasteiger charge is -2.15. The van der Waals surface area contributed by atoms with Crippen LogP contribution >= 0.6 is 0 Å². The minimum atomic E-state index is -0.563. The van der Waals surface area contributed by atoms with Crippen LogP contribution < -0.4 is 0 Å². The summed E-state index contributed by atoms with van der Waals surface area (Å²) in [6.07, 6.45) is 69.7. The molecule has 0 bridgehead atoms. The molecule has 1 unspecified atom stereocenters. The number of ether oxygens (including phenoxy) is 2. The van der Waals surface area contributed by atoms with Crippen molar-refractivity contribution in [2.75, 3.05) is 19.8 Å². The average Bonchev–Trinajstić information content (AvgIpc) is 3.19. The quantitative estimate of drug-likeness (QED) is 0.0385. The monoisotopic (exact) mass is 759 g/mol. The highest BCUT2D eigenvalue weighted by Crippen LogP contribution is 2.11. The third-order valence-corrected chi connectivity index (χ3v) is 8.78. The lowest BCUT2D eigenvalue weighted by molar-refractivity contribution is -0.154. The average molecular weight is 759 g/mol. The largest absolute Gasteiger partial charge is 0.457 e. The fourth-order valence-corrected chi connectivity index (χ4v) is 5.56. The molecule has 0 heterocycles. The van der Waals surface area contributed by atoms with E-state index in [4.69, 9.17) is 9.47 Å². The minimum Gasteiger partial charge on any atom is -0.457 e. The van der Waals surface area contributed by atoms with E-state index in [9.17, 15) is 9.90 Å². The summed E-state index contributed by atoms with van der Waals surface area (Å²) in [7, 11) is 0. The van der Waals surface area contributed by atoms with E-state index < -0.39 is 6.10 Å².